The highest BCUT2D eigenvalue weighted by Crippen LogP contribution is 2.27. The predicted octanol–water partition coefficient (Wildman–Crippen LogP) is 6.09. The fourth-order valence-electron chi connectivity index (χ4n) is 1.77. The van der Waals surface area contributed by atoms with Crippen LogP contribution in [0.4, 0.5) is 0 Å². The summed E-state index contributed by atoms with van der Waals surface area (Å²) in [6.07, 6.45) is 10.3. The van der Waals surface area contributed by atoms with Crippen molar-refractivity contribution in [3.8, 4) is 0 Å². The molecule has 0 aromatic heterocycles. The highest BCUT2D eigenvalue weighted by atomic mass is 33.1. The lowest BCUT2D eigenvalue weighted by Gasteiger charge is -2.00. The first-order valence-electron chi connectivity index (χ1n) is 6.90. The Bertz CT molecular complexity index is 300. The van der Waals surface area contributed by atoms with Crippen molar-refractivity contribution in [2.24, 2.45) is 0 Å². The Morgan fingerprint density at radius 2 is 1.78 bits per heavy atom. The summed E-state index contributed by atoms with van der Waals surface area (Å²) in [6.45, 7) is 2.26. The Morgan fingerprint density at radius 3 is 2.33 bits per heavy atom. The Balaban J connectivity index is 0.000000269. The van der Waals surface area contributed by atoms with Crippen LogP contribution in [0.25, 0.3) is 0 Å². The van der Waals surface area contributed by atoms with Gasteiger partial charge in [0.15, 0.2) is 0 Å². The normalized spacial score (nSPS) is 13.2. The topological polar surface area (TPSA) is 0 Å². The van der Waals surface area contributed by atoms with Gasteiger partial charge in [-0.2, -0.15) is 0 Å². The minimum atomic E-state index is 1.20. The second-order valence-corrected chi connectivity index (χ2v) is 6.72. The largest absolute Gasteiger partial charge is 0.0854 e. The van der Waals surface area contributed by atoms with Crippen molar-refractivity contribution in [3.05, 3.63) is 47.4 Å². The van der Waals surface area contributed by atoms with E-state index in [9.17, 15) is 0 Å². The van der Waals surface area contributed by atoms with Gasteiger partial charge < -0.3 is 0 Å². The summed E-state index contributed by atoms with van der Waals surface area (Å²) in [5.41, 5.74) is 1.49. The standard InChI is InChI=1S/C13H20.C3H4S2/c1-2-3-4-5-7-10-13-11-8-6-9-12-13;1-2-4-5-3-1/h6,8-9,11-12H,2-5,7,10H2,1H3;1-2H,3H2. The molecule has 0 radical (unpaired) electrons. The average Bonchev–Trinajstić information content (AvgIpc) is 2.99. The van der Waals surface area contributed by atoms with E-state index in [1.807, 2.05) is 21.6 Å². The molecule has 100 valence electrons. The van der Waals surface area contributed by atoms with Gasteiger partial charge in [-0.3, -0.25) is 0 Å². The summed E-state index contributed by atoms with van der Waals surface area (Å²) in [4.78, 5) is 0. The monoisotopic (exact) mass is 280 g/mol. The van der Waals surface area contributed by atoms with Gasteiger partial charge in [0.25, 0.3) is 0 Å². The Morgan fingerprint density at radius 1 is 1.00 bits per heavy atom. The SMILES string of the molecule is C1=CSSC1.CCCCCCCc1ccccc1. The molecule has 0 atom stereocenters. The lowest BCUT2D eigenvalue weighted by Crippen LogP contribution is -1.84. The lowest BCUT2D eigenvalue weighted by atomic mass is 10.1. The van der Waals surface area contributed by atoms with E-state index < -0.39 is 0 Å². The molecule has 1 heterocycles. The molecule has 1 aromatic carbocycles. The second-order valence-electron chi connectivity index (χ2n) is 4.40. The summed E-state index contributed by atoms with van der Waals surface area (Å²) < 4.78 is 0. The number of hydrogen-bond acceptors (Lipinski definition) is 2. The Labute approximate surface area is 120 Å². The van der Waals surface area contributed by atoms with Crippen molar-refractivity contribution in [1.82, 2.24) is 0 Å². The third-order valence-corrected chi connectivity index (χ3v) is 4.71. The molecule has 0 N–H and O–H groups in total. The zero-order valence-electron chi connectivity index (χ0n) is 11.3. The van der Waals surface area contributed by atoms with Crippen LogP contribution in [0.15, 0.2) is 41.8 Å². The fraction of sp³-hybridized carbons (Fsp3) is 0.500. The van der Waals surface area contributed by atoms with E-state index >= 15 is 0 Å². The van der Waals surface area contributed by atoms with E-state index in [1.165, 1.54) is 49.8 Å². The molecule has 1 aromatic rings. The molecule has 0 bridgehead atoms. The van der Waals surface area contributed by atoms with Crippen LogP contribution in [0.5, 0.6) is 0 Å². The van der Waals surface area contributed by atoms with Crippen LogP contribution in [0.2, 0.25) is 0 Å². The van der Waals surface area contributed by atoms with Gasteiger partial charge in [-0.05, 0) is 23.8 Å². The Hall–Kier alpha value is -0.340. The maximum Gasteiger partial charge on any atom is 0.0229 e. The molecule has 0 nitrogen and oxygen atoms in total. The lowest BCUT2D eigenvalue weighted by molar-refractivity contribution is 0.632. The summed E-state index contributed by atoms with van der Waals surface area (Å²) in [5.74, 6) is 1.20. The molecule has 1 aliphatic heterocycles. The van der Waals surface area contributed by atoms with Crippen molar-refractivity contribution < 1.29 is 0 Å². The molecule has 0 saturated heterocycles. The average molecular weight is 281 g/mol. The van der Waals surface area contributed by atoms with Crippen molar-refractivity contribution in [2.45, 2.75) is 45.4 Å². The van der Waals surface area contributed by atoms with Gasteiger partial charge in [0.2, 0.25) is 0 Å². The van der Waals surface area contributed by atoms with Crippen LogP contribution < -0.4 is 0 Å². The van der Waals surface area contributed by atoms with Gasteiger partial charge >= 0.3 is 0 Å². The van der Waals surface area contributed by atoms with Crippen LogP contribution in [0.1, 0.15) is 44.6 Å². The van der Waals surface area contributed by atoms with Crippen LogP contribution in [-0.4, -0.2) is 5.75 Å². The first-order valence-corrected chi connectivity index (χ1v) is 9.29. The summed E-state index contributed by atoms with van der Waals surface area (Å²) >= 11 is 0. The minimum absolute atomic E-state index is 1.20. The molecule has 1 aliphatic rings. The van der Waals surface area contributed by atoms with Gasteiger partial charge in [0.1, 0.15) is 0 Å². The van der Waals surface area contributed by atoms with E-state index in [-0.39, 0.29) is 0 Å². The van der Waals surface area contributed by atoms with E-state index in [0.717, 1.165) is 0 Å². The molecule has 2 heteroatoms. The van der Waals surface area contributed by atoms with Crippen LogP contribution in [-0.2, 0) is 6.42 Å². The molecule has 0 aliphatic carbocycles. The van der Waals surface area contributed by atoms with Crippen LogP contribution >= 0.6 is 21.6 Å². The Kier molecular flexibility index (Phi) is 10.2. The molecule has 2 rings (SSSR count). The highest BCUT2D eigenvalue weighted by molar-refractivity contribution is 8.78. The summed E-state index contributed by atoms with van der Waals surface area (Å²) in [7, 11) is 3.69. The molecular weight excluding hydrogens is 256 g/mol. The maximum absolute atomic E-state index is 2.26. The number of benzene rings is 1. The van der Waals surface area contributed by atoms with Gasteiger partial charge in [-0.15, -0.1) is 0 Å². The summed E-state index contributed by atoms with van der Waals surface area (Å²) in [6, 6.07) is 10.8. The molecule has 0 saturated carbocycles. The number of rotatable bonds is 6. The van der Waals surface area contributed by atoms with Gasteiger partial charge in [0.05, 0.1) is 0 Å². The van der Waals surface area contributed by atoms with E-state index in [4.69, 9.17) is 0 Å². The first-order chi connectivity index (χ1) is 8.93. The van der Waals surface area contributed by atoms with Crippen molar-refractivity contribution >= 4 is 21.6 Å². The summed E-state index contributed by atoms with van der Waals surface area (Å²) in [5, 5.41) is 2.12. The van der Waals surface area contributed by atoms with E-state index in [2.05, 4.69) is 48.7 Å². The third-order valence-electron chi connectivity index (χ3n) is 2.80. The van der Waals surface area contributed by atoms with Crippen LogP contribution in [0, 0.1) is 0 Å². The highest BCUT2D eigenvalue weighted by Gasteiger charge is 1.91. The van der Waals surface area contributed by atoms with Gasteiger partial charge in [-0.25, -0.2) is 0 Å². The molecule has 0 fully saturated rings. The second kappa shape index (κ2) is 11.7. The van der Waals surface area contributed by atoms with Crippen molar-refractivity contribution in [2.75, 3.05) is 5.75 Å². The predicted molar refractivity (Wildman–Crippen MR) is 88.1 cm³/mol. The smallest absolute Gasteiger partial charge is 0.0229 e. The number of aryl methyl sites for hydroxylation is 1. The quantitative estimate of drug-likeness (QED) is 0.456. The first kappa shape index (κ1) is 15.7. The molecule has 0 unspecified atom stereocenters. The van der Waals surface area contributed by atoms with Crippen LogP contribution in [0.3, 0.4) is 0 Å². The van der Waals surface area contributed by atoms with Crippen molar-refractivity contribution in [1.29, 1.82) is 0 Å². The zero-order valence-corrected chi connectivity index (χ0v) is 12.9. The zero-order chi connectivity index (χ0) is 12.9. The van der Waals surface area contributed by atoms with Crippen molar-refractivity contribution in [3.63, 3.8) is 0 Å². The van der Waals surface area contributed by atoms with E-state index in [1.54, 1.807) is 0 Å². The minimum Gasteiger partial charge on any atom is -0.0854 e. The fourth-order valence-corrected chi connectivity index (χ4v) is 3.35. The van der Waals surface area contributed by atoms with Gasteiger partial charge in [-0.1, -0.05) is 90.6 Å². The number of hydrogen-bond donors (Lipinski definition) is 0. The molecular formula is C16H24S2. The molecule has 0 spiro atoms. The van der Waals surface area contributed by atoms with Gasteiger partial charge in [0, 0.05) is 5.75 Å². The third kappa shape index (κ3) is 8.71. The molecule has 18 heavy (non-hydrogen) atoms. The number of unbranched alkanes of at least 4 members (excludes halogenated alkanes) is 4. The van der Waals surface area contributed by atoms with E-state index in [0.29, 0.717) is 0 Å². The molecule has 0 amide bonds. The maximum atomic E-state index is 2.26.